The third-order valence-electron chi connectivity index (χ3n) is 3.58. The molecule has 0 aromatic heterocycles. The summed E-state index contributed by atoms with van der Waals surface area (Å²) in [4.78, 5) is 39.4. The summed E-state index contributed by atoms with van der Waals surface area (Å²) in [5.41, 5.74) is 0.691. The summed E-state index contributed by atoms with van der Waals surface area (Å²) in [6, 6.07) is 8.74. The van der Waals surface area contributed by atoms with Gasteiger partial charge < -0.3 is 14.9 Å². The molecule has 2 rings (SSSR count). The number of carbonyl (C=O) groups excluding carboxylic acids is 2. The third-order valence-corrected chi connectivity index (χ3v) is 4.13. The minimum atomic E-state index is -1.23. The van der Waals surface area contributed by atoms with Gasteiger partial charge in [-0.3, -0.25) is 14.9 Å². The van der Waals surface area contributed by atoms with Crippen molar-refractivity contribution in [2.45, 2.75) is 12.6 Å². The van der Waals surface area contributed by atoms with E-state index in [0.29, 0.717) is 10.6 Å². The summed E-state index contributed by atoms with van der Waals surface area (Å²) in [5.74, 6) is -1.41. The van der Waals surface area contributed by atoms with E-state index >= 15 is 0 Å². The molecule has 0 saturated heterocycles. The molecule has 1 N–H and O–H groups in total. The molecule has 0 fully saturated rings. The van der Waals surface area contributed by atoms with E-state index in [0.717, 1.165) is 13.3 Å². The standard InChI is InChI=1S/C18H15Cl2N3O6/c1-28-18(25)16(22-17(24)14-7-4-12(19)8-15(14)20)9-21-29-10-11-2-5-13(6-3-11)23(26)27/h2-9,16H,10H2,1H3,(H,22,24)/b21-9-. The first kappa shape index (κ1) is 22.1. The number of oxime groups is 1. The van der Waals surface area contributed by atoms with Crippen molar-refractivity contribution in [2.24, 2.45) is 5.16 Å². The lowest BCUT2D eigenvalue weighted by Gasteiger charge is -2.13. The van der Waals surface area contributed by atoms with E-state index in [2.05, 4.69) is 15.2 Å². The fourth-order valence-corrected chi connectivity index (χ4v) is 2.60. The van der Waals surface area contributed by atoms with Crippen LogP contribution in [0.1, 0.15) is 15.9 Å². The first-order valence-corrected chi connectivity index (χ1v) is 8.80. The minimum Gasteiger partial charge on any atom is -0.467 e. The Morgan fingerprint density at radius 2 is 1.93 bits per heavy atom. The zero-order valence-corrected chi connectivity index (χ0v) is 16.5. The Balaban J connectivity index is 1.99. The SMILES string of the molecule is COC(=O)C(/C=N\OCc1ccc([N+](=O)[O-])cc1)NC(=O)c1ccc(Cl)cc1Cl. The molecule has 0 heterocycles. The van der Waals surface area contributed by atoms with Crippen LogP contribution in [-0.4, -0.2) is 36.2 Å². The topological polar surface area (TPSA) is 120 Å². The summed E-state index contributed by atoms with van der Waals surface area (Å²) in [7, 11) is 1.16. The van der Waals surface area contributed by atoms with Crippen LogP contribution >= 0.6 is 23.2 Å². The van der Waals surface area contributed by atoms with Crippen LogP contribution in [0.2, 0.25) is 10.0 Å². The Bertz CT molecular complexity index is 934. The number of hydrogen-bond acceptors (Lipinski definition) is 7. The molecule has 11 heteroatoms. The van der Waals surface area contributed by atoms with Crippen molar-refractivity contribution in [3.05, 3.63) is 73.8 Å². The predicted molar refractivity (Wildman–Crippen MR) is 106 cm³/mol. The smallest absolute Gasteiger partial charge is 0.334 e. The highest BCUT2D eigenvalue weighted by Crippen LogP contribution is 2.21. The fourth-order valence-electron chi connectivity index (χ4n) is 2.11. The zero-order chi connectivity index (χ0) is 21.4. The van der Waals surface area contributed by atoms with Gasteiger partial charge >= 0.3 is 5.97 Å². The number of carbonyl (C=O) groups is 2. The van der Waals surface area contributed by atoms with Gasteiger partial charge in [0, 0.05) is 17.2 Å². The van der Waals surface area contributed by atoms with Gasteiger partial charge in [-0.15, -0.1) is 0 Å². The number of nitrogens with one attached hydrogen (secondary N) is 1. The van der Waals surface area contributed by atoms with Gasteiger partial charge in [-0.05, 0) is 35.9 Å². The van der Waals surface area contributed by atoms with Crippen molar-refractivity contribution in [3.8, 4) is 0 Å². The van der Waals surface area contributed by atoms with Crippen LogP contribution in [0, 0.1) is 10.1 Å². The monoisotopic (exact) mass is 439 g/mol. The first-order valence-electron chi connectivity index (χ1n) is 8.04. The van der Waals surface area contributed by atoms with Gasteiger partial charge in [0.15, 0.2) is 6.04 Å². The van der Waals surface area contributed by atoms with E-state index < -0.39 is 22.8 Å². The Kier molecular flexibility index (Phi) is 7.93. The number of esters is 1. The molecule has 0 bridgehead atoms. The normalized spacial score (nSPS) is 11.7. The van der Waals surface area contributed by atoms with Crippen LogP contribution in [0.3, 0.4) is 0 Å². The maximum Gasteiger partial charge on any atom is 0.334 e. The van der Waals surface area contributed by atoms with Crippen molar-refractivity contribution in [3.63, 3.8) is 0 Å². The molecule has 152 valence electrons. The Labute approximate surface area is 175 Å². The lowest BCUT2D eigenvalue weighted by molar-refractivity contribution is -0.384. The number of halogens is 2. The molecule has 2 aromatic carbocycles. The second-order valence-corrected chi connectivity index (χ2v) is 6.39. The average Bonchev–Trinajstić information content (AvgIpc) is 2.69. The molecule has 1 amide bonds. The van der Waals surface area contributed by atoms with Crippen LogP contribution in [0.25, 0.3) is 0 Å². The number of rotatable bonds is 8. The van der Waals surface area contributed by atoms with Gasteiger partial charge in [0.05, 0.1) is 28.8 Å². The maximum absolute atomic E-state index is 12.3. The van der Waals surface area contributed by atoms with Crippen LogP contribution < -0.4 is 5.32 Å². The Hall–Kier alpha value is -3.17. The fraction of sp³-hybridized carbons (Fsp3) is 0.167. The molecule has 2 aromatic rings. The number of non-ortho nitro benzene ring substituents is 1. The van der Waals surface area contributed by atoms with Crippen LogP contribution in [0.5, 0.6) is 0 Å². The van der Waals surface area contributed by atoms with Crippen molar-refractivity contribution < 1.29 is 24.1 Å². The van der Waals surface area contributed by atoms with Gasteiger partial charge in [-0.1, -0.05) is 28.4 Å². The molecular formula is C18H15Cl2N3O6. The van der Waals surface area contributed by atoms with Gasteiger partial charge in [-0.2, -0.15) is 0 Å². The maximum atomic E-state index is 12.3. The molecule has 0 saturated carbocycles. The molecule has 0 radical (unpaired) electrons. The van der Waals surface area contributed by atoms with Crippen LogP contribution in [-0.2, 0) is 21.0 Å². The van der Waals surface area contributed by atoms with E-state index in [-0.39, 0.29) is 22.9 Å². The molecule has 0 spiro atoms. The molecular weight excluding hydrogens is 425 g/mol. The van der Waals surface area contributed by atoms with Gasteiger partial charge in [0.25, 0.3) is 11.6 Å². The zero-order valence-electron chi connectivity index (χ0n) is 15.0. The summed E-state index contributed by atoms with van der Waals surface area (Å²) in [6.07, 6.45) is 1.05. The molecule has 0 aliphatic carbocycles. The summed E-state index contributed by atoms with van der Waals surface area (Å²) >= 11 is 11.8. The number of hydrogen-bond donors (Lipinski definition) is 1. The van der Waals surface area contributed by atoms with E-state index in [1.54, 1.807) is 0 Å². The lowest BCUT2D eigenvalue weighted by atomic mass is 10.2. The summed E-state index contributed by atoms with van der Waals surface area (Å²) < 4.78 is 4.63. The number of amides is 1. The van der Waals surface area contributed by atoms with E-state index in [1.807, 2.05) is 0 Å². The van der Waals surface area contributed by atoms with E-state index in [9.17, 15) is 19.7 Å². The molecule has 0 aliphatic rings. The van der Waals surface area contributed by atoms with Gasteiger partial charge in [0.2, 0.25) is 0 Å². The van der Waals surface area contributed by atoms with E-state index in [1.165, 1.54) is 42.5 Å². The second kappa shape index (κ2) is 10.4. The molecule has 1 atom stereocenters. The van der Waals surface area contributed by atoms with Crippen molar-refractivity contribution in [1.82, 2.24) is 5.32 Å². The third kappa shape index (κ3) is 6.44. The Morgan fingerprint density at radius 3 is 2.52 bits per heavy atom. The molecule has 29 heavy (non-hydrogen) atoms. The number of nitro groups is 1. The summed E-state index contributed by atoms with van der Waals surface area (Å²) in [5, 5.41) is 17.2. The number of nitrogens with zero attached hydrogens (tertiary/aromatic N) is 2. The number of nitro benzene ring substituents is 1. The van der Waals surface area contributed by atoms with Crippen molar-refractivity contribution in [1.29, 1.82) is 0 Å². The average molecular weight is 440 g/mol. The van der Waals surface area contributed by atoms with Crippen molar-refractivity contribution >= 4 is 47.0 Å². The number of ether oxygens (including phenoxy) is 1. The minimum absolute atomic E-state index is 0.000649. The second-order valence-electron chi connectivity index (χ2n) is 5.55. The summed E-state index contributed by atoms with van der Waals surface area (Å²) in [6.45, 7) is -0.000649. The molecule has 0 aliphatic heterocycles. The molecule has 1 unspecified atom stereocenters. The lowest BCUT2D eigenvalue weighted by Crippen LogP contribution is -2.42. The van der Waals surface area contributed by atoms with Gasteiger partial charge in [-0.25, -0.2) is 4.79 Å². The van der Waals surface area contributed by atoms with Crippen LogP contribution in [0.15, 0.2) is 47.6 Å². The largest absolute Gasteiger partial charge is 0.467 e. The highest BCUT2D eigenvalue weighted by atomic mass is 35.5. The van der Waals surface area contributed by atoms with E-state index in [4.69, 9.17) is 28.0 Å². The van der Waals surface area contributed by atoms with Crippen molar-refractivity contribution in [2.75, 3.05) is 7.11 Å². The number of methoxy groups -OCH3 is 1. The highest BCUT2D eigenvalue weighted by molar-refractivity contribution is 6.36. The molecule has 9 nitrogen and oxygen atoms in total. The Morgan fingerprint density at radius 1 is 1.24 bits per heavy atom. The van der Waals surface area contributed by atoms with Gasteiger partial charge in [0.1, 0.15) is 6.61 Å². The predicted octanol–water partition coefficient (Wildman–Crippen LogP) is 3.38. The highest BCUT2D eigenvalue weighted by Gasteiger charge is 2.22. The number of benzene rings is 2. The first-order chi connectivity index (χ1) is 13.8. The quantitative estimate of drug-likeness (QED) is 0.291. The van der Waals surface area contributed by atoms with Crippen LogP contribution in [0.4, 0.5) is 5.69 Å².